The van der Waals surface area contributed by atoms with E-state index in [1.807, 2.05) is 12.1 Å². The fourth-order valence-corrected chi connectivity index (χ4v) is 3.32. The summed E-state index contributed by atoms with van der Waals surface area (Å²) in [6.07, 6.45) is 0.710. The van der Waals surface area contributed by atoms with Gasteiger partial charge in [-0.15, -0.1) is 0 Å². The molecule has 1 aromatic heterocycles. The van der Waals surface area contributed by atoms with Crippen molar-refractivity contribution in [3.8, 4) is 34.4 Å². The third-order valence-electron chi connectivity index (χ3n) is 4.51. The first-order valence-electron chi connectivity index (χ1n) is 8.39. The highest BCUT2D eigenvalue weighted by molar-refractivity contribution is 6.30. The van der Waals surface area contributed by atoms with Crippen LogP contribution in [0.3, 0.4) is 0 Å². The molecule has 3 aromatic rings. The second-order valence-corrected chi connectivity index (χ2v) is 6.52. The van der Waals surface area contributed by atoms with Gasteiger partial charge in [-0.3, -0.25) is 4.57 Å². The molecule has 0 radical (unpaired) electrons. The molecule has 27 heavy (non-hydrogen) atoms. The summed E-state index contributed by atoms with van der Waals surface area (Å²) in [7, 11) is 3.19. The number of hydrogen-bond donors (Lipinski definition) is 0. The number of aryl methyl sites for hydroxylation is 1. The average Bonchev–Trinajstić information content (AvgIpc) is 2.68. The van der Waals surface area contributed by atoms with E-state index in [4.69, 9.17) is 25.8 Å². The lowest BCUT2D eigenvalue weighted by Gasteiger charge is -2.23. The second-order valence-electron chi connectivity index (χ2n) is 6.08. The first-order valence-corrected chi connectivity index (χ1v) is 8.77. The summed E-state index contributed by atoms with van der Waals surface area (Å²) in [6.45, 7) is 0.547. The summed E-state index contributed by atoms with van der Waals surface area (Å²) in [5.74, 6) is 2.06. The number of nitrogens with zero attached hydrogens (tertiary/aromatic N) is 2. The Labute approximate surface area is 160 Å². The number of aromatic nitrogens is 2. The van der Waals surface area contributed by atoms with E-state index in [-0.39, 0.29) is 11.6 Å². The third-order valence-corrected chi connectivity index (χ3v) is 4.77. The zero-order valence-corrected chi connectivity index (χ0v) is 15.6. The van der Waals surface area contributed by atoms with Gasteiger partial charge in [0.1, 0.15) is 5.75 Å². The number of rotatable bonds is 4. The Bertz CT molecular complexity index is 1060. The fraction of sp³-hybridized carbons (Fsp3) is 0.200. The SMILES string of the molecule is COc1cc2c(cc1OC)-c1cc(Oc3ccc(Cl)cc3)nc(=O)n1CC2. The Kier molecular flexibility index (Phi) is 4.49. The predicted octanol–water partition coefficient (Wildman–Crippen LogP) is 3.93. The van der Waals surface area contributed by atoms with E-state index in [1.165, 1.54) is 0 Å². The van der Waals surface area contributed by atoms with Gasteiger partial charge >= 0.3 is 5.69 Å². The van der Waals surface area contributed by atoms with E-state index in [1.54, 1.807) is 49.1 Å². The van der Waals surface area contributed by atoms with E-state index in [2.05, 4.69) is 4.98 Å². The smallest absolute Gasteiger partial charge is 0.351 e. The van der Waals surface area contributed by atoms with Crippen LogP contribution >= 0.6 is 11.6 Å². The molecule has 7 heteroatoms. The molecule has 4 rings (SSSR count). The van der Waals surface area contributed by atoms with Crippen molar-refractivity contribution in [1.29, 1.82) is 0 Å². The zero-order valence-electron chi connectivity index (χ0n) is 14.9. The van der Waals surface area contributed by atoms with Crippen LogP contribution in [0.4, 0.5) is 0 Å². The molecular weight excluding hydrogens is 368 g/mol. The van der Waals surface area contributed by atoms with Crippen LogP contribution in [0.2, 0.25) is 5.02 Å². The average molecular weight is 385 g/mol. The minimum absolute atomic E-state index is 0.233. The van der Waals surface area contributed by atoms with E-state index >= 15 is 0 Å². The van der Waals surface area contributed by atoms with Gasteiger partial charge in [-0.25, -0.2) is 4.79 Å². The van der Waals surface area contributed by atoms with Gasteiger partial charge in [-0.05, 0) is 48.4 Å². The molecule has 6 nitrogen and oxygen atoms in total. The maximum atomic E-state index is 12.5. The molecular formula is C20H17ClN2O4. The minimum atomic E-state index is -0.350. The van der Waals surface area contributed by atoms with Crippen LogP contribution in [0, 0.1) is 0 Å². The van der Waals surface area contributed by atoms with Crippen molar-refractivity contribution in [3.63, 3.8) is 0 Å². The standard InChI is InChI=1S/C20H17ClN2O4/c1-25-17-9-12-7-8-23-16(15(12)10-18(17)26-2)11-19(22-20(23)24)27-14-5-3-13(21)4-6-14/h3-6,9-11H,7-8H2,1-2H3. The van der Waals surface area contributed by atoms with Crippen molar-refractivity contribution in [2.24, 2.45) is 0 Å². The first-order chi connectivity index (χ1) is 13.1. The fourth-order valence-electron chi connectivity index (χ4n) is 3.20. The summed E-state index contributed by atoms with van der Waals surface area (Å²) in [5.41, 5.74) is 2.37. The number of halogens is 1. The largest absolute Gasteiger partial charge is 0.493 e. The highest BCUT2D eigenvalue weighted by atomic mass is 35.5. The van der Waals surface area contributed by atoms with Gasteiger partial charge in [0.15, 0.2) is 11.5 Å². The Morgan fingerprint density at radius 1 is 1.04 bits per heavy atom. The monoisotopic (exact) mass is 384 g/mol. The van der Waals surface area contributed by atoms with E-state index in [9.17, 15) is 4.79 Å². The second kappa shape index (κ2) is 6.96. The van der Waals surface area contributed by atoms with Gasteiger partial charge in [-0.1, -0.05) is 11.6 Å². The molecule has 1 aliphatic heterocycles. The molecule has 2 aromatic carbocycles. The van der Waals surface area contributed by atoms with Gasteiger partial charge in [-0.2, -0.15) is 4.98 Å². The summed E-state index contributed by atoms with van der Waals surface area (Å²) in [5, 5.41) is 0.607. The maximum Gasteiger partial charge on any atom is 0.351 e. The molecule has 0 atom stereocenters. The first kappa shape index (κ1) is 17.4. The molecule has 0 saturated carbocycles. The number of benzene rings is 2. The number of methoxy groups -OCH3 is 2. The molecule has 138 valence electrons. The molecule has 0 spiro atoms. The normalized spacial score (nSPS) is 12.1. The van der Waals surface area contributed by atoms with E-state index in [0.717, 1.165) is 16.8 Å². The van der Waals surface area contributed by atoms with Gasteiger partial charge in [0, 0.05) is 23.2 Å². The minimum Gasteiger partial charge on any atom is -0.493 e. The molecule has 0 fully saturated rings. The van der Waals surface area contributed by atoms with Crippen LogP contribution in [0.25, 0.3) is 11.3 Å². The summed E-state index contributed by atoms with van der Waals surface area (Å²) in [4.78, 5) is 16.6. The van der Waals surface area contributed by atoms with Crippen molar-refractivity contribution >= 4 is 11.6 Å². The van der Waals surface area contributed by atoms with Gasteiger partial charge < -0.3 is 14.2 Å². The van der Waals surface area contributed by atoms with Crippen LogP contribution in [-0.2, 0) is 13.0 Å². The van der Waals surface area contributed by atoms with Crippen LogP contribution in [0.1, 0.15) is 5.56 Å². The predicted molar refractivity (Wildman–Crippen MR) is 102 cm³/mol. The molecule has 0 bridgehead atoms. The molecule has 0 unspecified atom stereocenters. The van der Waals surface area contributed by atoms with Gasteiger partial charge in [0.2, 0.25) is 5.88 Å². The third kappa shape index (κ3) is 3.24. The highest BCUT2D eigenvalue weighted by Crippen LogP contribution is 2.38. The van der Waals surface area contributed by atoms with Crippen molar-refractivity contribution in [1.82, 2.24) is 9.55 Å². The Balaban J connectivity index is 1.80. The van der Waals surface area contributed by atoms with E-state index in [0.29, 0.717) is 35.2 Å². The van der Waals surface area contributed by atoms with Crippen LogP contribution < -0.4 is 19.9 Å². The van der Waals surface area contributed by atoms with E-state index < -0.39 is 0 Å². The summed E-state index contributed by atoms with van der Waals surface area (Å²) in [6, 6.07) is 12.5. The van der Waals surface area contributed by atoms with Crippen molar-refractivity contribution in [2.75, 3.05) is 14.2 Å². The Morgan fingerprint density at radius 3 is 2.44 bits per heavy atom. The lowest BCUT2D eigenvalue weighted by Crippen LogP contribution is -2.28. The van der Waals surface area contributed by atoms with Crippen LogP contribution in [0.15, 0.2) is 47.3 Å². The number of fused-ring (bicyclic) bond motifs is 3. The molecule has 0 N–H and O–H groups in total. The van der Waals surface area contributed by atoms with Crippen molar-refractivity contribution in [3.05, 3.63) is 63.5 Å². The molecule has 1 aliphatic rings. The van der Waals surface area contributed by atoms with Crippen molar-refractivity contribution < 1.29 is 14.2 Å². The Morgan fingerprint density at radius 2 is 1.74 bits per heavy atom. The quantitative estimate of drug-likeness (QED) is 0.682. The summed E-state index contributed by atoms with van der Waals surface area (Å²) >= 11 is 5.90. The van der Waals surface area contributed by atoms with Gasteiger partial charge in [0.25, 0.3) is 0 Å². The molecule has 0 saturated heterocycles. The lowest BCUT2D eigenvalue weighted by atomic mass is 9.97. The van der Waals surface area contributed by atoms with Crippen molar-refractivity contribution in [2.45, 2.75) is 13.0 Å². The number of ether oxygens (including phenoxy) is 3. The number of hydrogen-bond acceptors (Lipinski definition) is 5. The Hall–Kier alpha value is -2.99. The van der Waals surface area contributed by atoms with Crippen LogP contribution in [-0.4, -0.2) is 23.8 Å². The molecule has 2 heterocycles. The lowest BCUT2D eigenvalue weighted by molar-refractivity contribution is 0.354. The molecule has 0 aliphatic carbocycles. The topological polar surface area (TPSA) is 62.6 Å². The highest BCUT2D eigenvalue weighted by Gasteiger charge is 2.22. The maximum absolute atomic E-state index is 12.5. The van der Waals surface area contributed by atoms with Gasteiger partial charge in [0.05, 0.1) is 19.9 Å². The zero-order chi connectivity index (χ0) is 19.0. The summed E-state index contributed by atoms with van der Waals surface area (Å²) < 4.78 is 18.2. The van der Waals surface area contributed by atoms with Crippen LogP contribution in [0.5, 0.6) is 23.1 Å². The molecule has 0 amide bonds.